The van der Waals surface area contributed by atoms with Gasteiger partial charge in [0, 0.05) is 45.1 Å². The number of ether oxygens (including phenoxy) is 2. The SMILES string of the molecule is Cc1c(OC2CCN(C(=O)OC(C)C)CC2)ncnc1N1CCc2ncccc21. The Balaban J connectivity index is 1.42. The number of hydrogen-bond donors (Lipinski definition) is 0. The molecule has 0 aromatic carbocycles. The number of nitrogens with zero attached hydrogens (tertiary/aromatic N) is 5. The lowest BCUT2D eigenvalue weighted by Gasteiger charge is -2.32. The van der Waals surface area contributed by atoms with Crippen molar-refractivity contribution in [1.82, 2.24) is 19.9 Å². The van der Waals surface area contributed by atoms with Crippen LogP contribution < -0.4 is 9.64 Å². The van der Waals surface area contributed by atoms with E-state index in [2.05, 4.69) is 25.9 Å². The second-order valence-corrected chi connectivity index (χ2v) is 7.74. The van der Waals surface area contributed by atoms with E-state index in [9.17, 15) is 4.79 Å². The standard InChI is InChI=1S/C21H27N5O3/c1-14(2)28-21(27)25-10-6-16(7-11-25)29-20-15(3)19(23-13-24-20)26-12-8-17-18(26)5-4-9-22-17/h4-5,9,13-14,16H,6-8,10-12H2,1-3H3. The lowest BCUT2D eigenvalue weighted by atomic mass is 10.1. The molecule has 0 atom stereocenters. The van der Waals surface area contributed by atoms with Crippen molar-refractivity contribution in [3.8, 4) is 5.88 Å². The molecule has 0 bridgehead atoms. The Labute approximate surface area is 170 Å². The summed E-state index contributed by atoms with van der Waals surface area (Å²) >= 11 is 0. The first-order valence-electron chi connectivity index (χ1n) is 10.2. The molecule has 8 heteroatoms. The summed E-state index contributed by atoms with van der Waals surface area (Å²) < 4.78 is 11.5. The number of pyridine rings is 1. The van der Waals surface area contributed by atoms with Gasteiger partial charge in [-0.15, -0.1) is 0 Å². The van der Waals surface area contributed by atoms with E-state index >= 15 is 0 Å². The fourth-order valence-electron chi connectivity index (χ4n) is 3.83. The summed E-state index contributed by atoms with van der Waals surface area (Å²) in [5.74, 6) is 1.47. The van der Waals surface area contributed by atoms with Gasteiger partial charge in [0.15, 0.2) is 0 Å². The van der Waals surface area contributed by atoms with Crippen molar-refractivity contribution >= 4 is 17.6 Å². The van der Waals surface area contributed by atoms with Crippen LogP contribution in [-0.4, -0.2) is 57.8 Å². The van der Waals surface area contributed by atoms with E-state index in [0.717, 1.165) is 48.6 Å². The molecule has 8 nitrogen and oxygen atoms in total. The van der Waals surface area contributed by atoms with Crippen LogP contribution in [0.3, 0.4) is 0 Å². The van der Waals surface area contributed by atoms with E-state index < -0.39 is 0 Å². The number of amides is 1. The van der Waals surface area contributed by atoms with Crippen LogP contribution in [-0.2, 0) is 11.2 Å². The fourth-order valence-corrected chi connectivity index (χ4v) is 3.83. The second kappa shape index (κ2) is 8.23. The van der Waals surface area contributed by atoms with E-state index in [0.29, 0.717) is 19.0 Å². The van der Waals surface area contributed by atoms with E-state index in [1.165, 1.54) is 0 Å². The van der Waals surface area contributed by atoms with Crippen molar-refractivity contribution < 1.29 is 14.3 Å². The summed E-state index contributed by atoms with van der Waals surface area (Å²) in [6.45, 7) is 7.81. The number of aromatic nitrogens is 3. The average molecular weight is 397 g/mol. The Morgan fingerprint density at radius 3 is 2.72 bits per heavy atom. The van der Waals surface area contributed by atoms with Gasteiger partial charge < -0.3 is 19.3 Å². The summed E-state index contributed by atoms with van der Waals surface area (Å²) in [5, 5.41) is 0. The van der Waals surface area contributed by atoms with Gasteiger partial charge in [0.05, 0.1) is 23.0 Å². The Bertz CT molecular complexity index is 880. The normalized spacial score (nSPS) is 16.8. The van der Waals surface area contributed by atoms with Crippen LogP contribution in [0.4, 0.5) is 16.3 Å². The highest BCUT2D eigenvalue weighted by Gasteiger charge is 2.28. The molecule has 154 valence electrons. The first-order chi connectivity index (χ1) is 14.0. The number of piperidine rings is 1. The molecule has 0 radical (unpaired) electrons. The molecule has 2 aromatic rings. The minimum absolute atomic E-state index is 0.0204. The van der Waals surface area contributed by atoms with Crippen LogP contribution in [0.5, 0.6) is 5.88 Å². The van der Waals surface area contributed by atoms with E-state index in [1.807, 2.05) is 33.0 Å². The van der Waals surface area contributed by atoms with Gasteiger partial charge in [-0.25, -0.2) is 14.8 Å². The quantitative estimate of drug-likeness (QED) is 0.783. The van der Waals surface area contributed by atoms with Gasteiger partial charge >= 0.3 is 6.09 Å². The molecule has 1 saturated heterocycles. The van der Waals surface area contributed by atoms with Gasteiger partial charge in [0.1, 0.15) is 18.2 Å². The summed E-state index contributed by atoms with van der Waals surface area (Å²) in [7, 11) is 0. The zero-order chi connectivity index (χ0) is 20.4. The van der Waals surface area contributed by atoms with Crippen molar-refractivity contribution in [3.05, 3.63) is 35.9 Å². The maximum absolute atomic E-state index is 12.1. The van der Waals surface area contributed by atoms with Crippen molar-refractivity contribution in [2.24, 2.45) is 0 Å². The monoisotopic (exact) mass is 397 g/mol. The molecule has 1 fully saturated rings. The maximum Gasteiger partial charge on any atom is 0.410 e. The molecule has 2 aliphatic rings. The zero-order valence-electron chi connectivity index (χ0n) is 17.2. The van der Waals surface area contributed by atoms with Crippen LogP contribution in [0.15, 0.2) is 24.7 Å². The van der Waals surface area contributed by atoms with Gasteiger partial charge in [-0.3, -0.25) is 4.98 Å². The minimum atomic E-state index is -0.250. The predicted molar refractivity (Wildman–Crippen MR) is 109 cm³/mol. The van der Waals surface area contributed by atoms with Crippen LogP contribution in [0.25, 0.3) is 0 Å². The lowest BCUT2D eigenvalue weighted by Crippen LogP contribution is -2.42. The van der Waals surface area contributed by atoms with Crippen LogP contribution in [0, 0.1) is 6.92 Å². The number of likely N-dealkylation sites (tertiary alicyclic amines) is 1. The fraction of sp³-hybridized carbons (Fsp3) is 0.524. The van der Waals surface area contributed by atoms with Crippen molar-refractivity contribution in [1.29, 1.82) is 0 Å². The molecule has 0 spiro atoms. The van der Waals surface area contributed by atoms with Crippen LogP contribution in [0.2, 0.25) is 0 Å². The van der Waals surface area contributed by atoms with Gasteiger partial charge in [-0.05, 0) is 32.9 Å². The van der Waals surface area contributed by atoms with Gasteiger partial charge in [0.2, 0.25) is 5.88 Å². The highest BCUT2D eigenvalue weighted by Crippen LogP contribution is 2.36. The first kappa shape index (κ1) is 19.4. The van der Waals surface area contributed by atoms with Crippen molar-refractivity contribution in [2.45, 2.75) is 52.2 Å². The van der Waals surface area contributed by atoms with Gasteiger partial charge in [-0.1, -0.05) is 0 Å². The largest absolute Gasteiger partial charge is 0.474 e. The van der Waals surface area contributed by atoms with Crippen molar-refractivity contribution in [2.75, 3.05) is 24.5 Å². The second-order valence-electron chi connectivity index (χ2n) is 7.74. The summed E-state index contributed by atoms with van der Waals surface area (Å²) in [5.41, 5.74) is 3.11. The zero-order valence-corrected chi connectivity index (χ0v) is 17.2. The molecule has 0 aliphatic carbocycles. The molecule has 2 aromatic heterocycles. The Kier molecular flexibility index (Phi) is 5.51. The number of anilines is 2. The van der Waals surface area contributed by atoms with E-state index in [-0.39, 0.29) is 18.3 Å². The number of carbonyl (C=O) groups is 1. The Morgan fingerprint density at radius 1 is 1.17 bits per heavy atom. The molecular formula is C21H27N5O3. The van der Waals surface area contributed by atoms with Crippen LogP contribution in [0.1, 0.15) is 37.9 Å². The number of rotatable bonds is 4. The molecule has 0 saturated carbocycles. The molecular weight excluding hydrogens is 370 g/mol. The molecule has 29 heavy (non-hydrogen) atoms. The van der Waals surface area contributed by atoms with E-state index in [4.69, 9.17) is 9.47 Å². The molecule has 0 unspecified atom stereocenters. The van der Waals surface area contributed by atoms with E-state index in [1.54, 1.807) is 11.2 Å². The average Bonchev–Trinajstić information content (AvgIpc) is 3.13. The Morgan fingerprint density at radius 2 is 1.97 bits per heavy atom. The maximum atomic E-state index is 12.1. The summed E-state index contributed by atoms with van der Waals surface area (Å²) in [6.07, 6.45) is 5.46. The molecule has 4 rings (SSSR count). The molecule has 1 amide bonds. The highest BCUT2D eigenvalue weighted by molar-refractivity contribution is 5.69. The third-order valence-electron chi connectivity index (χ3n) is 5.31. The smallest absolute Gasteiger partial charge is 0.410 e. The van der Waals surface area contributed by atoms with Crippen LogP contribution >= 0.6 is 0 Å². The number of fused-ring (bicyclic) bond motifs is 1. The first-order valence-corrected chi connectivity index (χ1v) is 10.2. The molecule has 2 aliphatic heterocycles. The third kappa shape index (κ3) is 4.11. The molecule has 4 heterocycles. The number of hydrogen-bond acceptors (Lipinski definition) is 7. The Hall–Kier alpha value is -2.90. The minimum Gasteiger partial charge on any atom is -0.474 e. The third-order valence-corrected chi connectivity index (χ3v) is 5.31. The summed E-state index contributed by atoms with van der Waals surface area (Å²) in [4.78, 5) is 29.3. The molecule has 0 N–H and O–H groups in total. The number of carbonyl (C=O) groups excluding carboxylic acids is 1. The van der Waals surface area contributed by atoms with Gasteiger partial charge in [0.25, 0.3) is 0 Å². The topological polar surface area (TPSA) is 80.7 Å². The highest BCUT2D eigenvalue weighted by atomic mass is 16.6. The summed E-state index contributed by atoms with van der Waals surface area (Å²) in [6, 6.07) is 4.02. The lowest BCUT2D eigenvalue weighted by molar-refractivity contribution is 0.0505. The predicted octanol–water partition coefficient (Wildman–Crippen LogP) is 3.26. The van der Waals surface area contributed by atoms with Gasteiger partial charge in [-0.2, -0.15) is 0 Å². The van der Waals surface area contributed by atoms with Crippen molar-refractivity contribution in [3.63, 3.8) is 0 Å².